The summed E-state index contributed by atoms with van der Waals surface area (Å²) in [5.74, 6) is -0.585. The lowest BCUT2D eigenvalue weighted by molar-refractivity contribution is 0.0964. The van der Waals surface area contributed by atoms with Crippen molar-refractivity contribution in [3.05, 3.63) is 70.9 Å². The van der Waals surface area contributed by atoms with Crippen molar-refractivity contribution in [3.63, 3.8) is 0 Å². The Bertz CT molecular complexity index is 1270. The van der Waals surface area contributed by atoms with E-state index in [1.807, 2.05) is 6.07 Å². The van der Waals surface area contributed by atoms with E-state index in [4.69, 9.17) is 4.98 Å². The lowest BCUT2D eigenvalue weighted by atomic mass is 9.66. The van der Waals surface area contributed by atoms with Gasteiger partial charge in [-0.1, -0.05) is 33.8 Å². The Morgan fingerprint density at radius 1 is 1.15 bits per heavy atom. The first-order valence-corrected chi connectivity index (χ1v) is 11.9. The minimum Gasteiger partial charge on any atom is -0.291 e. The Hall–Kier alpha value is -3.09. The second kappa shape index (κ2) is 8.00. The summed E-state index contributed by atoms with van der Waals surface area (Å²) < 4.78 is 28.9. The van der Waals surface area contributed by atoms with Crippen molar-refractivity contribution in [2.75, 3.05) is 0 Å². The molecule has 2 heterocycles. The molecule has 0 N–H and O–H groups in total. The number of fused-ring (bicyclic) bond motifs is 5. The Morgan fingerprint density at radius 3 is 2.59 bits per heavy atom. The molecule has 7 heteroatoms. The quantitative estimate of drug-likeness (QED) is 0.418. The molecule has 3 aromatic rings. The minimum absolute atomic E-state index is 0.0611. The topological polar surface area (TPSA) is 68.6 Å². The molecule has 5 rings (SSSR count). The number of halogens is 2. The van der Waals surface area contributed by atoms with Crippen LogP contribution in [0, 0.1) is 23.0 Å². The second-order valence-electron chi connectivity index (χ2n) is 10.5. The van der Waals surface area contributed by atoms with Gasteiger partial charge in [-0.05, 0) is 66.3 Å². The number of Topliss-reactive ketones (excluding diaryl/α,β-unsaturated/α-hetero) is 1. The number of aromatic nitrogens is 4. The summed E-state index contributed by atoms with van der Waals surface area (Å²) in [7, 11) is 0. The molecule has 0 radical (unpaired) electrons. The molecule has 2 aliphatic carbocycles. The number of ketones is 1. The van der Waals surface area contributed by atoms with Crippen LogP contribution >= 0.6 is 0 Å². The average Bonchev–Trinajstić information content (AvgIpc) is 3.18. The van der Waals surface area contributed by atoms with Crippen molar-refractivity contribution in [2.24, 2.45) is 11.3 Å². The lowest BCUT2D eigenvalue weighted by Gasteiger charge is -2.37. The Kier molecular flexibility index (Phi) is 5.34. The number of rotatable bonds is 6. The maximum atomic E-state index is 14.4. The van der Waals surface area contributed by atoms with Gasteiger partial charge in [0.2, 0.25) is 0 Å². The normalized spacial score (nSPS) is 22.3. The number of hydrogen-bond acceptors (Lipinski definition) is 5. The first-order chi connectivity index (χ1) is 16.2. The second-order valence-corrected chi connectivity index (χ2v) is 10.5. The molecule has 34 heavy (non-hydrogen) atoms. The maximum absolute atomic E-state index is 14.4. The molecule has 1 aromatic carbocycles. The molecule has 2 aromatic heterocycles. The molecule has 1 fully saturated rings. The van der Waals surface area contributed by atoms with Crippen LogP contribution < -0.4 is 0 Å². The highest BCUT2D eigenvalue weighted by Crippen LogP contribution is 2.69. The van der Waals surface area contributed by atoms with Crippen molar-refractivity contribution >= 4 is 5.78 Å². The van der Waals surface area contributed by atoms with Gasteiger partial charge < -0.3 is 0 Å². The zero-order chi connectivity index (χ0) is 24.3. The average molecular weight is 463 g/mol. The fourth-order valence-corrected chi connectivity index (χ4v) is 6.02. The van der Waals surface area contributed by atoms with Gasteiger partial charge in [-0.3, -0.25) is 4.79 Å². The molecule has 0 aliphatic heterocycles. The molecular weight excluding hydrogens is 434 g/mol. The minimum atomic E-state index is -0.660. The van der Waals surface area contributed by atoms with Crippen LogP contribution in [0.2, 0.25) is 0 Å². The van der Waals surface area contributed by atoms with E-state index in [9.17, 15) is 13.6 Å². The Morgan fingerprint density at radius 2 is 1.88 bits per heavy atom. The van der Waals surface area contributed by atoms with Crippen molar-refractivity contribution in [1.82, 2.24) is 20.2 Å². The van der Waals surface area contributed by atoms with Crippen LogP contribution in [0.3, 0.4) is 0 Å². The zero-order valence-corrected chi connectivity index (χ0v) is 19.9. The van der Waals surface area contributed by atoms with Crippen LogP contribution in [0.25, 0.3) is 11.3 Å². The van der Waals surface area contributed by atoms with Crippen LogP contribution in [0.5, 0.6) is 0 Å². The Labute approximate surface area is 198 Å². The smallest absolute Gasteiger partial charge is 0.200 e. The number of benzene rings is 1. The molecule has 2 bridgehead atoms. The van der Waals surface area contributed by atoms with Gasteiger partial charge in [0.05, 0.1) is 28.1 Å². The molecule has 0 spiro atoms. The molecule has 2 aliphatic rings. The highest BCUT2D eigenvalue weighted by atomic mass is 19.1. The molecule has 0 saturated heterocycles. The van der Waals surface area contributed by atoms with E-state index < -0.39 is 17.0 Å². The van der Waals surface area contributed by atoms with E-state index in [0.717, 1.165) is 36.2 Å². The Balaban J connectivity index is 1.61. The number of nitrogens with zero attached hydrogens (tertiary/aromatic N) is 4. The largest absolute Gasteiger partial charge is 0.291 e. The molecule has 0 amide bonds. The zero-order valence-electron chi connectivity index (χ0n) is 19.9. The summed E-state index contributed by atoms with van der Waals surface area (Å²) >= 11 is 0. The summed E-state index contributed by atoms with van der Waals surface area (Å²) in [4.78, 5) is 21.8. The van der Waals surface area contributed by atoms with Gasteiger partial charge in [0, 0.05) is 12.6 Å². The molecular formula is C27H28F2N4O. The van der Waals surface area contributed by atoms with Gasteiger partial charge in [0.25, 0.3) is 0 Å². The van der Waals surface area contributed by atoms with E-state index in [1.165, 1.54) is 18.2 Å². The maximum Gasteiger partial charge on any atom is 0.200 e. The lowest BCUT2D eigenvalue weighted by Crippen LogP contribution is -2.38. The third-order valence-electron chi connectivity index (χ3n) is 7.89. The molecule has 1 saturated carbocycles. The first kappa shape index (κ1) is 22.7. The van der Waals surface area contributed by atoms with E-state index in [-0.39, 0.29) is 34.2 Å². The molecule has 5 nitrogen and oxygen atoms in total. The van der Waals surface area contributed by atoms with Gasteiger partial charge in [-0.15, -0.1) is 5.10 Å². The summed E-state index contributed by atoms with van der Waals surface area (Å²) in [6.45, 7) is 8.52. The van der Waals surface area contributed by atoms with Gasteiger partial charge in [0.15, 0.2) is 11.6 Å². The van der Waals surface area contributed by atoms with Gasteiger partial charge in [0.1, 0.15) is 11.6 Å². The van der Waals surface area contributed by atoms with Crippen molar-refractivity contribution in [3.8, 4) is 11.3 Å². The molecule has 176 valence electrons. The standard InChI is InChI=1S/C27H28F2N4O/c1-15(2)8-9-21(34)25-30-13-11-22(31-25)27-12-10-17(26(27,3)4)16-14-20(32-33-24(16)27)23-18(28)6-5-7-19(23)29/h5-7,11,13-15,17H,8-10,12H2,1-4H3/t17-,27-/m0/s1. The highest BCUT2D eigenvalue weighted by Gasteiger charge is 2.65. The number of hydrogen-bond donors (Lipinski definition) is 0. The summed E-state index contributed by atoms with van der Waals surface area (Å²) in [5, 5.41) is 8.81. The van der Waals surface area contributed by atoms with Crippen LogP contribution in [-0.4, -0.2) is 25.9 Å². The van der Waals surface area contributed by atoms with Crippen molar-refractivity contribution in [2.45, 2.75) is 64.7 Å². The predicted molar refractivity (Wildman–Crippen MR) is 124 cm³/mol. The fraction of sp³-hybridized carbons (Fsp3) is 0.444. The fourth-order valence-electron chi connectivity index (χ4n) is 6.02. The van der Waals surface area contributed by atoms with E-state index >= 15 is 0 Å². The molecule has 2 atom stereocenters. The van der Waals surface area contributed by atoms with Gasteiger partial charge in [-0.25, -0.2) is 18.7 Å². The van der Waals surface area contributed by atoms with Gasteiger partial charge in [-0.2, -0.15) is 5.10 Å². The highest BCUT2D eigenvalue weighted by molar-refractivity contribution is 5.92. The van der Waals surface area contributed by atoms with E-state index in [0.29, 0.717) is 12.3 Å². The van der Waals surface area contributed by atoms with E-state index in [1.54, 1.807) is 12.3 Å². The monoisotopic (exact) mass is 462 g/mol. The third kappa shape index (κ3) is 3.20. The van der Waals surface area contributed by atoms with Crippen LogP contribution in [0.4, 0.5) is 8.78 Å². The first-order valence-electron chi connectivity index (χ1n) is 11.9. The van der Waals surface area contributed by atoms with Crippen molar-refractivity contribution in [1.29, 1.82) is 0 Å². The van der Waals surface area contributed by atoms with Crippen LogP contribution in [-0.2, 0) is 5.41 Å². The number of carbonyl (C=O) groups excluding carboxylic acids is 1. The SMILES string of the molecule is CC(C)CCC(=O)c1nccc([C@@]23CC[C@@H](c4cc(-c5c(F)cccc5F)nnc42)C3(C)C)n1. The number of carbonyl (C=O) groups is 1. The summed E-state index contributed by atoms with van der Waals surface area (Å²) in [6.07, 6.45) is 4.56. The van der Waals surface area contributed by atoms with Crippen LogP contribution in [0.15, 0.2) is 36.5 Å². The van der Waals surface area contributed by atoms with Crippen LogP contribution in [0.1, 0.15) is 86.9 Å². The van der Waals surface area contributed by atoms with Gasteiger partial charge >= 0.3 is 0 Å². The van der Waals surface area contributed by atoms with E-state index in [2.05, 4.69) is 42.9 Å². The van der Waals surface area contributed by atoms with Crippen molar-refractivity contribution < 1.29 is 13.6 Å². The predicted octanol–water partition coefficient (Wildman–Crippen LogP) is 6.03. The third-order valence-corrected chi connectivity index (χ3v) is 7.89. The summed E-state index contributed by atoms with van der Waals surface area (Å²) in [5.41, 5.74) is 1.74. The summed E-state index contributed by atoms with van der Waals surface area (Å²) in [6, 6.07) is 7.44. The molecule has 0 unspecified atom stereocenters.